The average Bonchev–Trinajstić information content (AvgIpc) is 2.51. The molecule has 96 valence electrons. The maximum absolute atomic E-state index is 11.7. The molecule has 1 N–H and O–H groups in total. The first-order valence-electron chi connectivity index (χ1n) is 6.09. The SMILES string of the molecule is N#Cc1cc(Cc2n[nH]c(=O)c3ccccc23)ccn1. The number of hydrogen-bond acceptors (Lipinski definition) is 4. The van der Waals surface area contributed by atoms with Gasteiger partial charge in [-0.3, -0.25) is 4.79 Å². The highest BCUT2D eigenvalue weighted by Crippen LogP contribution is 2.16. The lowest BCUT2D eigenvalue weighted by Gasteiger charge is -2.05. The van der Waals surface area contributed by atoms with E-state index in [4.69, 9.17) is 5.26 Å². The number of aromatic amines is 1. The number of pyridine rings is 1. The van der Waals surface area contributed by atoms with Crippen LogP contribution in [0, 0.1) is 11.3 Å². The smallest absolute Gasteiger partial charge is 0.267 e. The number of H-pyrrole nitrogens is 1. The Labute approximate surface area is 114 Å². The van der Waals surface area contributed by atoms with E-state index in [1.165, 1.54) is 0 Å². The molecule has 0 unspecified atom stereocenters. The van der Waals surface area contributed by atoms with E-state index in [0.29, 0.717) is 17.5 Å². The summed E-state index contributed by atoms with van der Waals surface area (Å²) >= 11 is 0. The van der Waals surface area contributed by atoms with Gasteiger partial charge in [-0.2, -0.15) is 10.4 Å². The van der Waals surface area contributed by atoms with Crippen molar-refractivity contribution in [2.45, 2.75) is 6.42 Å². The Balaban J connectivity index is 2.09. The van der Waals surface area contributed by atoms with Crippen molar-refractivity contribution in [1.29, 1.82) is 5.26 Å². The molecule has 0 fully saturated rings. The largest absolute Gasteiger partial charge is 0.272 e. The van der Waals surface area contributed by atoms with Crippen LogP contribution in [-0.4, -0.2) is 15.2 Å². The van der Waals surface area contributed by atoms with Crippen molar-refractivity contribution in [3.63, 3.8) is 0 Å². The van der Waals surface area contributed by atoms with Crippen LogP contribution >= 0.6 is 0 Å². The maximum Gasteiger partial charge on any atom is 0.272 e. The van der Waals surface area contributed by atoms with Gasteiger partial charge in [-0.15, -0.1) is 0 Å². The molecule has 3 aromatic rings. The second kappa shape index (κ2) is 4.94. The first-order valence-corrected chi connectivity index (χ1v) is 6.09. The Morgan fingerprint density at radius 2 is 2.00 bits per heavy atom. The molecular weight excluding hydrogens is 252 g/mol. The molecule has 20 heavy (non-hydrogen) atoms. The van der Waals surface area contributed by atoms with Gasteiger partial charge in [0.2, 0.25) is 0 Å². The summed E-state index contributed by atoms with van der Waals surface area (Å²) in [4.78, 5) is 15.6. The quantitative estimate of drug-likeness (QED) is 0.763. The van der Waals surface area contributed by atoms with Crippen molar-refractivity contribution in [2.75, 3.05) is 0 Å². The van der Waals surface area contributed by atoms with E-state index >= 15 is 0 Å². The van der Waals surface area contributed by atoms with Crippen molar-refractivity contribution in [3.05, 3.63) is 69.9 Å². The Kier molecular flexibility index (Phi) is 2.98. The fourth-order valence-electron chi connectivity index (χ4n) is 2.14. The molecule has 3 rings (SSSR count). The standard InChI is InChI=1S/C15H10N4O/c16-9-11-7-10(5-6-17-11)8-14-12-3-1-2-4-13(12)15(20)19-18-14/h1-7H,8H2,(H,19,20). The van der Waals surface area contributed by atoms with Crippen molar-refractivity contribution >= 4 is 10.8 Å². The lowest BCUT2D eigenvalue weighted by Crippen LogP contribution is -2.11. The fraction of sp³-hybridized carbons (Fsp3) is 0.0667. The molecular formula is C15H10N4O. The molecule has 1 aromatic carbocycles. The molecule has 5 heteroatoms. The van der Waals surface area contributed by atoms with Gasteiger partial charge in [0, 0.05) is 18.0 Å². The van der Waals surface area contributed by atoms with Gasteiger partial charge in [-0.25, -0.2) is 10.1 Å². The van der Waals surface area contributed by atoms with E-state index in [2.05, 4.69) is 15.2 Å². The second-order valence-corrected chi connectivity index (χ2v) is 4.38. The zero-order valence-electron chi connectivity index (χ0n) is 10.5. The zero-order valence-corrected chi connectivity index (χ0v) is 10.5. The number of hydrogen-bond donors (Lipinski definition) is 1. The van der Waals surface area contributed by atoms with Gasteiger partial charge in [-0.1, -0.05) is 18.2 Å². The van der Waals surface area contributed by atoms with Crippen LogP contribution in [-0.2, 0) is 6.42 Å². The summed E-state index contributed by atoms with van der Waals surface area (Å²) in [6, 6.07) is 12.9. The molecule has 0 aliphatic heterocycles. The number of nitrogens with one attached hydrogen (secondary N) is 1. The van der Waals surface area contributed by atoms with Crippen molar-refractivity contribution in [2.24, 2.45) is 0 Å². The van der Waals surface area contributed by atoms with Crippen LogP contribution in [0.5, 0.6) is 0 Å². The number of rotatable bonds is 2. The molecule has 0 saturated heterocycles. The summed E-state index contributed by atoms with van der Waals surface area (Å²) in [5.74, 6) is 0. The van der Waals surface area contributed by atoms with E-state index in [1.54, 1.807) is 18.3 Å². The van der Waals surface area contributed by atoms with Crippen LogP contribution in [0.3, 0.4) is 0 Å². The molecule has 0 bridgehead atoms. The third-order valence-corrected chi connectivity index (χ3v) is 3.09. The lowest BCUT2D eigenvalue weighted by atomic mass is 10.0. The van der Waals surface area contributed by atoms with E-state index < -0.39 is 0 Å². The summed E-state index contributed by atoms with van der Waals surface area (Å²) in [5, 5.41) is 16.9. The summed E-state index contributed by atoms with van der Waals surface area (Å²) in [6.07, 6.45) is 2.14. The Morgan fingerprint density at radius 1 is 1.20 bits per heavy atom. The number of aromatic nitrogens is 3. The number of fused-ring (bicyclic) bond motifs is 1. The van der Waals surface area contributed by atoms with Gasteiger partial charge >= 0.3 is 0 Å². The van der Waals surface area contributed by atoms with Gasteiger partial charge in [-0.05, 0) is 23.8 Å². The third kappa shape index (κ3) is 2.15. The highest BCUT2D eigenvalue weighted by Gasteiger charge is 2.07. The highest BCUT2D eigenvalue weighted by atomic mass is 16.1. The third-order valence-electron chi connectivity index (χ3n) is 3.09. The van der Waals surface area contributed by atoms with Gasteiger partial charge in [0.05, 0.1) is 11.1 Å². The monoisotopic (exact) mass is 262 g/mol. The topological polar surface area (TPSA) is 82.4 Å². The van der Waals surface area contributed by atoms with Crippen LogP contribution in [0.2, 0.25) is 0 Å². The zero-order chi connectivity index (χ0) is 13.9. The Hall–Kier alpha value is -3.00. The predicted octanol–water partition coefficient (Wildman–Crippen LogP) is 1.78. The average molecular weight is 262 g/mol. The molecule has 0 spiro atoms. The van der Waals surface area contributed by atoms with Gasteiger partial charge in [0.15, 0.2) is 0 Å². The fourth-order valence-corrected chi connectivity index (χ4v) is 2.14. The van der Waals surface area contributed by atoms with Crippen LogP contribution in [0.15, 0.2) is 47.4 Å². The van der Waals surface area contributed by atoms with Crippen molar-refractivity contribution in [3.8, 4) is 6.07 Å². The molecule has 0 aliphatic carbocycles. The molecule has 2 aromatic heterocycles. The van der Waals surface area contributed by atoms with E-state index in [-0.39, 0.29) is 5.56 Å². The molecule has 0 radical (unpaired) electrons. The maximum atomic E-state index is 11.7. The van der Waals surface area contributed by atoms with Gasteiger partial charge in [0.25, 0.3) is 5.56 Å². The van der Waals surface area contributed by atoms with Crippen molar-refractivity contribution in [1.82, 2.24) is 15.2 Å². The van der Waals surface area contributed by atoms with Gasteiger partial charge in [0.1, 0.15) is 11.8 Å². The Bertz CT molecular complexity index is 877. The van der Waals surface area contributed by atoms with E-state index in [9.17, 15) is 4.79 Å². The second-order valence-electron chi connectivity index (χ2n) is 4.38. The normalized spacial score (nSPS) is 10.3. The number of nitriles is 1. The summed E-state index contributed by atoms with van der Waals surface area (Å²) in [5.41, 5.74) is 1.88. The highest BCUT2D eigenvalue weighted by molar-refractivity contribution is 5.83. The number of benzene rings is 1. The van der Waals surface area contributed by atoms with Crippen LogP contribution < -0.4 is 5.56 Å². The molecule has 0 atom stereocenters. The van der Waals surface area contributed by atoms with Crippen molar-refractivity contribution < 1.29 is 0 Å². The molecule has 0 saturated carbocycles. The lowest BCUT2D eigenvalue weighted by molar-refractivity contribution is 0.932. The van der Waals surface area contributed by atoms with Crippen LogP contribution in [0.1, 0.15) is 17.0 Å². The molecule has 0 amide bonds. The van der Waals surface area contributed by atoms with Gasteiger partial charge < -0.3 is 0 Å². The summed E-state index contributed by atoms with van der Waals surface area (Å²) in [6.45, 7) is 0. The molecule has 2 heterocycles. The first-order chi connectivity index (χ1) is 9.78. The van der Waals surface area contributed by atoms with E-state index in [1.807, 2.05) is 30.3 Å². The van der Waals surface area contributed by atoms with Crippen LogP contribution in [0.25, 0.3) is 10.8 Å². The van der Waals surface area contributed by atoms with Crippen LogP contribution in [0.4, 0.5) is 0 Å². The van der Waals surface area contributed by atoms with E-state index in [0.717, 1.165) is 16.6 Å². The molecule has 0 aliphatic rings. The first kappa shape index (κ1) is 12.1. The predicted molar refractivity (Wildman–Crippen MR) is 74.1 cm³/mol. The minimum atomic E-state index is -0.197. The minimum absolute atomic E-state index is 0.197. The summed E-state index contributed by atoms with van der Waals surface area (Å²) in [7, 11) is 0. The Morgan fingerprint density at radius 3 is 2.80 bits per heavy atom. The summed E-state index contributed by atoms with van der Waals surface area (Å²) < 4.78 is 0. The number of nitrogens with zero attached hydrogens (tertiary/aromatic N) is 3. The molecule has 5 nitrogen and oxygen atoms in total. The minimum Gasteiger partial charge on any atom is -0.267 e.